The minimum Gasteiger partial charge on any atom is -0.470 e. The molecule has 0 N–H and O–H groups in total. The maximum absolute atomic E-state index is 12.7. The number of hydrogen-bond donors (Lipinski definition) is 0. The van der Waals surface area contributed by atoms with E-state index in [9.17, 15) is 8.42 Å². The molecule has 3 rings (SSSR count). The summed E-state index contributed by atoms with van der Waals surface area (Å²) in [4.78, 5) is 4.01. The number of nitrogens with zero attached hydrogens (tertiary/aromatic N) is 4. The zero-order valence-electron chi connectivity index (χ0n) is 13.2. The second-order valence-corrected chi connectivity index (χ2v) is 8.66. The third-order valence-corrected chi connectivity index (χ3v) is 7.22. The summed E-state index contributed by atoms with van der Waals surface area (Å²) in [5, 5.41) is 4.59. The molecule has 1 fully saturated rings. The third kappa shape index (κ3) is 3.41. The Bertz CT molecular complexity index is 761. The molecule has 0 unspecified atom stereocenters. The lowest BCUT2D eigenvalue weighted by molar-refractivity contribution is 0.320. The van der Waals surface area contributed by atoms with Crippen molar-refractivity contribution in [3.05, 3.63) is 24.2 Å². The van der Waals surface area contributed by atoms with E-state index in [0.29, 0.717) is 30.8 Å². The molecule has 2 aromatic rings. The highest BCUT2D eigenvalue weighted by Gasteiger charge is 2.31. The lowest BCUT2D eigenvalue weighted by Gasteiger charge is -2.30. The van der Waals surface area contributed by atoms with E-state index in [-0.39, 0.29) is 4.21 Å². The Morgan fingerprint density at radius 1 is 1.35 bits per heavy atom. The Labute approximate surface area is 140 Å². The zero-order chi connectivity index (χ0) is 16.4. The number of aryl methyl sites for hydroxylation is 1. The smallest absolute Gasteiger partial charge is 0.274 e. The summed E-state index contributed by atoms with van der Waals surface area (Å²) in [7, 11) is -1.58. The van der Waals surface area contributed by atoms with Gasteiger partial charge in [-0.2, -0.15) is 9.40 Å². The van der Waals surface area contributed by atoms with E-state index < -0.39 is 10.0 Å². The number of aromatic nitrogens is 3. The van der Waals surface area contributed by atoms with Gasteiger partial charge in [-0.1, -0.05) is 11.3 Å². The molecule has 0 aromatic carbocycles. The molecule has 2 aromatic heterocycles. The van der Waals surface area contributed by atoms with Crippen molar-refractivity contribution in [1.29, 1.82) is 0 Å². The van der Waals surface area contributed by atoms with E-state index in [1.807, 2.05) is 26.4 Å². The fourth-order valence-electron chi connectivity index (χ4n) is 2.76. The SMILES string of the molecule is CCOc1ncc(S(=O)(=O)N2CCC(c3cnn(C)c3)CC2)s1. The second kappa shape index (κ2) is 6.58. The molecule has 0 atom stereocenters. The summed E-state index contributed by atoms with van der Waals surface area (Å²) in [5.74, 6) is 0.371. The van der Waals surface area contributed by atoms with Gasteiger partial charge < -0.3 is 4.74 Å². The maximum atomic E-state index is 12.7. The van der Waals surface area contributed by atoms with Crippen molar-refractivity contribution in [2.45, 2.75) is 29.9 Å². The van der Waals surface area contributed by atoms with E-state index >= 15 is 0 Å². The third-order valence-electron chi connectivity index (χ3n) is 3.98. The number of thiazole rings is 1. The number of piperidine rings is 1. The molecule has 0 spiro atoms. The molecule has 0 saturated carbocycles. The molecular formula is C14H20N4O3S2. The fourth-order valence-corrected chi connectivity index (χ4v) is 5.40. The van der Waals surface area contributed by atoms with E-state index in [0.717, 1.165) is 24.2 Å². The minimum atomic E-state index is -3.47. The monoisotopic (exact) mass is 356 g/mol. The summed E-state index contributed by atoms with van der Waals surface area (Å²) >= 11 is 1.08. The van der Waals surface area contributed by atoms with Crippen molar-refractivity contribution >= 4 is 21.4 Å². The van der Waals surface area contributed by atoms with Gasteiger partial charge in [0.05, 0.1) is 19.0 Å². The van der Waals surface area contributed by atoms with E-state index in [1.54, 1.807) is 8.99 Å². The summed E-state index contributed by atoms with van der Waals surface area (Å²) < 4.78 is 34.2. The highest BCUT2D eigenvalue weighted by Crippen LogP contribution is 2.33. The van der Waals surface area contributed by atoms with Crippen molar-refractivity contribution in [1.82, 2.24) is 19.1 Å². The van der Waals surface area contributed by atoms with Crippen LogP contribution in [0.3, 0.4) is 0 Å². The lowest BCUT2D eigenvalue weighted by atomic mass is 9.93. The van der Waals surface area contributed by atoms with Crippen LogP contribution in [0.1, 0.15) is 31.2 Å². The van der Waals surface area contributed by atoms with Gasteiger partial charge in [-0.15, -0.1) is 0 Å². The number of rotatable bonds is 5. The predicted molar refractivity (Wildman–Crippen MR) is 87.2 cm³/mol. The highest BCUT2D eigenvalue weighted by atomic mass is 32.2. The van der Waals surface area contributed by atoms with Crippen LogP contribution in [-0.4, -0.2) is 47.2 Å². The summed E-state index contributed by atoms with van der Waals surface area (Å²) in [6.07, 6.45) is 6.88. The predicted octanol–water partition coefficient (Wildman–Crippen LogP) is 1.84. The lowest BCUT2D eigenvalue weighted by Crippen LogP contribution is -2.37. The number of ether oxygens (including phenoxy) is 1. The van der Waals surface area contributed by atoms with Crippen molar-refractivity contribution in [2.75, 3.05) is 19.7 Å². The molecule has 0 bridgehead atoms. The molecule has 7 nitrogen and oxygen atoms in total. The van der Waals surface area contributed by atoms with E-state index in [1.165, 1.54) is 11.8 Å². The molecule has 1 aliphatic heterocycles. The van der Waals surface area contributed by atoms with Gasteiger partial charge in [0, 0.05) is 26.3 Å². The molecule has 9 heteroatoms. The van der Waals surface area contributed by atoms with Gasteiger partial charge in [0.1, 0.15) is 0 Å². The Balaban J connectivity index is 1.68. The number of hydrogen-bond acceptors (Lipinski definition) is 6. The van der Waals surface area contributed by atoms with Crippen molar-refractivity contribution < 1.29 is 13.2 Å². The Morgan fingerprint density at radius 2 is 2.09 bits per heavy atom. The average molecular weight is 356 g/mol. The summed E-state index contributed by atoms with van der Waals surface area (Å²) in [6.45, 7) is 3.36. The minimum absolute atomic E-state index is 0.251. The first-order valence-corrected chi connectivity index (χ1v) is 9.83. The van der Waals surface area contributed by atoms with Gasteiger partial charge >= 0.3 is 0 Å². The first kappa shape index (κ1) is 16.4. The molecule has 3 heterocycles. The molecule has 1 aliphatic rings. The Morgan fingerprint density at radius 3 is 2.70 bits per heavy atom. The maximum Gasteiger partial charge on any atom is 0.274 e. The van der Waals surface area contributed by atoms with Crippen molar-refractivity contribution in [2.24, 2.45) is 7.05 Å². The van der Waals surface area contributed by atoms with Crippen LogP contribution in [0.25, 0.3) is 0 Å². The van der Waals surface area contributed by atoms with Crippen LogP contribution in [-0.2, 0) is 17.1 Å². The fraction of sp³-hybridized carbons (Fsp3) is 0.571. The first-order valence-electron chi connectivity index (χ1n) is 7.58. The van der Waals surface area contributed by atoms with Gasteiger partial charge in [-0.05, 0) is 31.2 Å². The molecular weight excluding hydrogens is 336 g/mol. The average Bonchev–Trinajstić information content (AvgIpc) is 3.17. The standard InChI is InChI=1S/C14H20N4O3S2/c1-3-21-14-15-9-13(22-14)23(19,20)18-6-4-11(5-7-18)12-8-16-17(2)10-12/h8-11H,3-7H2,1-2H3. The topological polar surface area (TPSA) is 77.3 Å². The summed E-state index contributed by atoms with van der Waals surface area (Å²) in [5.41, 5.74) is 1.18. The quantitative estimate of drug-likeness (QED) is 0.817. The normalized spacial score (nSPS) is 17.5. The van der Waals surface area contributed by atoms with Gasteiger partial charge in [0.2, 0.25) is 0 Å². The first-order chi connectivity index (χ1) is 11.0. The van der Waals surface area contributed by atoms with Gasteiger partial charge in [0.25, 0.3) is 15.2 Å². The van der Waals surface area contributed by atoms with Crippen LogP contribution in [0.5, 0.6) is 5.19 Å². The van der Waals surface area contributed by atoms with Crippen LogP contribution in [0.2, 0.25) is 0 Å². The van der Waals surface area contributed by atoms with Crippen LogP contribution < -0.4 is 4.74 Å². The Kier molecular flexibility index (Phi) is 4.69. The Hall–Kier alpha value is -1.45. The van der Waals surface area contributed by atoms with E-state index in [4.69, 9.17) is 4.74 Å². The molecule has 0 amide bonds. The van der Waals surface area contributed by atoms with Crippen LogP contribution in [0.4, 0.5) is 0 Å². The number of sulfonamides is 1. The molecule has 1 saturated heterocycles. The summed E-state index contributed by atoms with van der Waals surface area (Å²) in [6, 6.07) is 0. The second-order valence-electron chi connectivity index (χ2n) is 5.50. The molecule has 23 heavy (non-hydrogen) atoms. The highest BCUT2D eigenvalue weighted by molar-refractivity contribution is 7.91. The molecule has 126 valence electrons. The van der Waals surface area contributed by atoms with Crippen LogP contribution in [0.15, 0.2) is 22.8 Å². The molecule has 0 aliphatic carbocycles. The molecule has 0 radical (unpaired) electrons. The van der Waals surface area contributed by atoms with Crippen LogP contribution >= 0.6 is 11.3 Å². The zero-order valence-corrected chi connectivity index (χ0v) is 14.8. The van der Waals surface area contributed by atoms with Crippen molar-refractivity contribution in [3.8, 4) is 5.19 Å². The van der Waals surface area contributed by atoms with E-state index in [2.05, 4.69) is 10.1 Å². The van der Waals surface area contributed by atoms with Gasteiger partial charge in [-0.3, -0.25) is 4.68 Å². The van der Waals surface area contributed by atoms with Gasteiger partial charge in [-0.25, -0.2) is 13.4 Å². The van der Waals surface area contributed by atoms with Crippen molar-refractivity contribution in [3.63, 3.8) is 0 Å². The largest absolute Gasteiger partial charge is 0.470 e. The van der Waals surface area contributed by atoms with Gasteiger partial charge in [0.15, 0.2) is 4.21 Å². The van der Waals surface area contributed by atoms with Crippen LogP contribution in [0, 0.1) is 0 Å².